The van der Waals surface area contributed by atoms with E-state index in [0.717, 1.165) is 22.2 Å². The fourth-order valence-corrected chi connectivity index (χ4v) is 2.49. The van der Waals surface area contributed by atoms with Crippen molar-refractivity contribution in [1.29, 1.82) is 0 Å². The summed E-state index contributed by atoms with van der Waals surface area (Å²) in [4.78, 5) is 0. The number of aryl methyl sites for hydroxylation is 1. The molecule has 106 valence electrons. The van der Waals surface area contributed by atoms with Gasteiger partial charge in [-0.25, -0.2) is 8.78 Å². The van der Waals surface area contributed by atoms with Gasteiger partial charge >= 0.3 is 0 Å². The van der Waals surface area contributed by atoms with E-state index in [2.05, 4.69) is 21.0 Å². The molecule has 0 amide bonds. The molecule has 0 N–H and O–H groups in total. The summed E-state index contributed by atoms with van der Waals surface area (Å²) < 4.78 is 28.5. The Kier molecular flexibility index (Phi) is 3.59. The van der Waals surface area contributed by atoms with Crippen LogP contribution in [0, 0.1) is 11.6 Å². The van der Waals surface area contributed by atoms with Crippen LogP contribution in [0.4, 0.5) is 8.78 Å². The molecular weight excluding hydrogens is 338 g/mol. The molecule has 0 aliphatic heterocycles. The van der Waals surface area contributed by atoms with Crippen molar-refractivity contribution < 1.29 is 8.78 Å². The second kappa shape index (κ2) is 5.41. The van der Waals surface area contributed by atoms with Crippen molar-refractivity contribution in [3.8, 4) is 0 Å². The number of aromatic nitrogens is 2. The van der Waals surface area contributed by atoms with E-state index in [-0.39, 0.29) is 11.6 Å². The fraction of sp³-hybridized carbons (Fsp3) is 0.0625. The molecular formula is C16H11BrF2N2. The third-order valence-corrected chi connectivity index (χ3v) is 3.83. The zero-order chi connectivity index (χ0) is 15.0. The summed E-state index contributed by atoms with van der Waals surface area (Å²) in [6.07, 6.45) is 3.68. The van der Waals surface area contributed by atoms with Gasteiger partial charge in [-0.1, -0.05) is 18.2 Å². The summed E-state index contributed by atoms with van der Waals surface area (Å²) in [7, 11) is 1.77. The molecule has 1 aromatic heterocycles. The Labute approximate surface area is 128 Å². The van der Waals surface area contributed by atoms with Crippen molar-refractivity contribution in [3.63, 3.8) is 0 Å². The third-order valence-electron chi connectivity index (χ3n) is 3.22. The van der Waals surface area contributed by atoms with Gasteiger partial charge in [0.25, 0.3) is 0 Å². The number of halogens is 3. The van der Waals surface area contributed by atoms with E-state index in [1.807, 2.05) is 12.2 Å². The highest BCUT2D eigenvalue weighted by molar-refractivity contribution is 9.10. The van der Waals surface area contributed by atoms with Gasteiger partial charge in [0.2, 0.25) is 0 Å². The van der Waals surface area contributed by atoms with E-state index < -0.39 is 0 Å². The van der Waals surface area contributed by atoms with Crippen LogP contribution in [0.1, 0.15) is 11.3 Å². The second-order valence-electron chi connectivity index (χ2n) is 4.68. The molecule has 0 aliphatic carbocycles. The Morgan fingerprint density at radius 1 is 1.10 bits per heavy atom. The van der Waals surface area contributed by atoms with Gasteiger partial charge in [0, 0.05) is 18.5 Å². The quantitative estimate of drug-likeness (QED) is 0.651. The predicted octanol–water partition coefficient (Wildman–Crippen LogP) is 4.78. The van der Waals surface area contributed by atoms with Gasteiger partial charge < -0.3 is 0 Å². The van der Waals surface area contributed by atoms with E-state index in [9.17, 15) is 8.78 Å². The number of nitrogens with zero attached hydrogens (tertiary/aromatic N) is 2. The van der Waals surface area contributed by atoms with Crippen molar-refractivity contribution in [1.82, 2.24) is 9.78 Å². The van der Waals surface area contributed by atoms with Gasteiger partial charge in [-0.3, -0.25) is 4.68 Å². The molecule has 2 nitrogen and oxygen atoms in total. The highest BCUT2D eigenvalue weighted by Gasteiger charge is 2.10. The van der Waals surface area contributed by atoms with Gasteiger partial charge in [-0.15, -0.1) is 0 Å². The number of hydrogen-bond donors (Lipinski definition) is 0. The predicted molar refractivity (Wildman–Crippen MR) is 83.7 cm³/mol. The molecule has 0 aliphatic rings. The largest absolute Gasteiger partial charge is 0.267 e. The Balaban J connectivity index is 2.04. The van der Waals surface area contributed by atoms with Crippen LogP contribution in [0.5, 0.6) is 0 Å². The molecule has 0 spiro atoms. The molecule has 0 fully saturated rings. The normalized spacial score (nSPS) is 11.6. The van der Waals surface area contributed by atoms with Gasteiger partial charge in [0.05, 0.1) is 15.7 Å². The summed E-state index contributed by atoms with van der Waals surface area (Å²) in [5, 5.41) is 5.22. The van der Waals surface area contributed by atoms with Gasteiger partial charge in [0.1, 0.15) is 11.6 Å². The molecule has 3 rings (SSSR count). The first-order valence-corrected chi connectivity index (χ1v) is 7.09. The van der Waals surface area contributed by atoms with Crippen LogP contribution in [-0.2, 0) is 7.05 Å². The second-order valence-corrected chi connectivity index (χ2v) is 5.53. The lowest BCUT2D eigenvalue weighted by molar-refractivity contribution is 0.621. The van der Waals surface area contributed by atoms with Crippen molar-refractivity contribution in [2.45, 2.75) is 0 Å². The summed E-state index contributed by atoms with van der Waals surface area (Å²) in [6, 6.07) is 9.34. The van der Waals surface area contributed by atoms with Crippen LogP contribution < -0.4 is 0 Å². The van der Waals surface area contributed by atoms with Crippen molar-refractivity contribution in [2.75, 3.05) is 0 Å². The first kappa shape index (κ1) is 13.9. The van der Waals surface area contributed by atoms with Crippen LogP contribution in [0.2, 0.25) is 0 Å². The maximum Gasteiger partial charge on any atom is 0.139 e. The number of fused-ring (bicyclic) bond motifs is 1. The van der Waals surface area contributed by atoms with Crippen molar-refractivity contribution >= 4 is 39.0 Å². The standard InChI is InChI=1S/C16H11BrF2N2/c1-21-16-9-14(19)13(17)8-12(16)15(20-21)7-4-10-2-5-11(18)6-3-10/h2-9H,1H3/b7-4+. The van der Waals surface area contributed by atoms with Crippen molar-refractivity contribution in [2.24, 2.45) is 7.05 Å². The number of rotatable bonds is 2. The molecule has 1 heterocycles. The smallest absolute Gasteiger partial charge is 0.139 e. The van der Waals surface area contributed by atoms with Gasteiger partial charge in [-0.2, -0.15) is 5.10 Å². The lowest BCUT2D eigenvalue weighted by Gasteiger charge is -1.97. The van der Waals surface area contributed by atoms with E-state index in [4.69, 9.17) is 0 Å². The van der Waals surface area contributed by atoms with Crippen LogP contribution in [0.25, 0.3) is 23.1 Å². The van der Waals surface area contributed by atoms with Gasteiger partial charge in [0.15, 0.2) is 0 Å². The number of hydrogen-bond acceptors (Lipinski definition) is 1. The van der Waals surface area contributed by atoms with Crippen LogP contribution >= 0.6 is 15.9 Å². The molecule has 2 aromatic carbocycles. The monoisotopic (exact) mass is 348 g/mol. The molecule has 0 unspecified atom stereocenters. The molecule has 0 radical (unpaired) electrons. The molecule has 0 bridgehead atoms. The molecule has 5 heteroatoms. The third kappa shape index (κ3) is 2.74. The highest BCUT2D eigenvalue weighted by atomic mass is 79.9. The van der Waals surface area contributed by atoms with Crippen LogP contribution in [-0.4, -0.2) is 9.78 Å². The highest BCUT2D eigenvalue weighted by Crippen LogP contribution is 2.26. The summed E-state index contributed by atoms with van der Waals surface area (Å²) >= 11 is 3.19. The summed E-state index contributed by atoms with van der Waals surface area (Å²) in [5.74, 6) is -0.589. The molecule has 21 heavy (non-hydrogen) atoms. The van der Waals surface area contributed by atoms with Crippen LogP contribution in [0.15, 0.2) is 40.9 Å². The van der Waals surface area contributed by atoms with E-state index in [1.165, 1.54) is 18.2 Å². The molecule has 0 atom stereocenters. The van der Waals surface area contributed by atoms with Crippen LogP contribution in [0.3, 0.4) is 0 Å². The SMILES string of the molecule is Cn1nc(/C=C/c2ccc(F)cc2)c2cc(Br)c(F)cc21. The van der Waals surface area contributed by atoms with Crippen molar-refractivity contribution in [3.05, 3.63) is 63.8 Å². The molecule has 0 saturated heterocycles. The zero-order valence-electron chi connectivity index (χ0n) is 11.1. The maximum absolute atomic E-state index is 13.6. The Morgan fingerprint density at radius 3 is 2.52 bits per heavy atom. The topological polar surface area (TPSA) is 17.8 Å². The average molecular weight is 349 g/mol. The maximum atomic E-state index is 13.6. The molecule has 0 saturated carbocycles. The minimum atomic E-state index is -0.320. The lowest BCUT2D eigenvalue weighted by Crippen LogP contribution is -1.90. The average Bonchev–Trinajstić information content (AvgIpc) is 2.75. The summed E-state index contributed by atoms with van der Waals surface area (Å²) in [5.41, 5.74) is 2.32. The fourth-order valence-electron chi connectivity index (χ4n) is 2.15. The Morgan fingerprint density at radius 2 is 1.81 bits per heavy atom. The minimum absolute atomic E-state index is 0.269. The first-order valence-electron chi connectivity index (χ1n) is 6.30. The molecule has 3 aromatic rings. The number of benzene rings is 2. The summed E-state index contributed by atoms with van der Waals surface area (Å²) in [6.45, 7) is 0. The Hall–Kier alpha value is -2.01. The van der Waals surface area contributed by atoms with E-state index >= 15 is 0 Å². The minimum Gasteiger partial charge on any atom is -0.267 e. The first-order chi connectivity index (χ1) is 10.0. The lowest BCUT2D eigenvalue weighted by atomic mass is 10.1. The zero-order valence-corrected chi connectivity index (χ0v) is 12.7. The van der Waals surface area contributed by atoms with Gasteiger partial charge in [-0.05, 0) is 45.8 Å². The van der Waals surface area contributed by atoms with E-state index in [1.54, 1.807) is 29.9 Å². The Bertz CT molecular complexity index is 836. The van der Waals surface area contributed by atoms with E-state index in [0.29, 0.717) is 4.47 Å².